The summed E-state index contributed by atoms with van der Waals surface area (Å²) in [6.07, 6.45) is 2.32. The number of aromatic nitrogens is 2. The summed E-state index contributed by atoms with van der Waals surface area (Å²) in [5, 5.41) is 31.0. The van der Waals surface area contributed by atoms with E-state index in [2.05, 4.69) is 0 Å². The van der Waals surface area contributed by atoms with E-state index < -0.39 is 4.92 Å². The molecule has 0 amide bonds. The Labute approximate surface area is 89.5 Å². The van der Waals surface area contributed by atoms with Gasteiger partial charge in [0, 0.05) is 12.1 Å². The highest BCUT2D eigenvalue weighted by Crippen LogP contribution is 2.19. The molecule has 0 bridgehead atoms. The highest BCUT2D eigenvalue weighted by Gasteiger charge is 2.16. The Morgan fingerprint density at radius 3 is 2.38 bits per heavy atom. The monoisotopic (exact) mass is 221 g/mol. The van der Waals surface area contributed by atoms with Crippen molar-refractivity contribution in [3.8, 4) is 11.4 Å². The minimum Gasteiger partial charge on any atom is -0.710 e. The van der Waals surface area contributed by atoms with Crippen LogP contribution in [0.2, 0.25) is 0 Å². The van der Waals surface area contributed by atoms with Gasteiger partial charge in [-0.1, -0.05) is 0 Å². The molecule has 7 nitrogen and oxygen atoms in total. The van der Waals surface area contributed by atoms with Gasteiger partial charge in [0.05, 0.1) is 10.5 Å². The van der Waals surface area contributed by atoms with Gasteiger partial charge in [-0.15, -0.1) is 0 Å². The number of nitro groups is 1. The topological polar surface area (TPSA) is 95.2 Å². The van der Waals surface area contributed by atoms with Crippen LogP contribution in [0.3, 0.4) is 0 Å². The molecular weight excluding hydrogens is 214 g/mol. The third kappa shape index (κ3) is 1.54. The van der Waals surface area contributed by atoms with Crippen LogP contribution in [0.15, 0.2) is 36.7 Å². The van der Waals surface area contributed by atoms with Crippen molar-refractivity contribution in [3.05, 3.63) is 52.0 Å². The number of rotatable bonds is 2. The summed E-state index contributed by atoms with van der Waals surface area (Å²) in [4.78, 5) is 9.88. The van der Waals surface area contributed by atoms with Crippen molar-refractivity contribution in [1.29, 1.82) is 0 Å². The third-order valence-electron chi connectivity index (χ3n) is 2.11. The predicted octanol–water partition coefficient (Wildman–Crippen LogP) is 0.934. The van der Waals surface area contributed by atoms with Crippen molar-refractivity contribution in [3.63, 3.8) is 0 Å². The van der Waals surface area contributed by atoms with Crippen molar-refractivity contribution in [2.24, 2.45) is 0 Å². The first kappa shape index (κ1) is 9.97. The van der Waals surface area contributed by atoms with E-state index in [0.29, 0.717) is 15.0 Å². The lowest BCUT2D eigenvalue weighted by molar-refractivity contribution is -0.594. The van der Waals surface area contributed by atoms with E-state index in [9.17, 15) is 20.5 Å². The zero-order valence-electron chi connectivity index (χ0n) is 7.98. The third-order valence-corrected chi connectivity index (χ3v) is 2.11. The van der Waals surface area contributed by atoms with Crippen molar-refractivity contribution in [1.82, 2.24) is 4.73 Å². The molecule has 2 aromatic rings. The van der Waals surface area contributed by atoms with Crippen LogP contribution >= 0.6 is 0 Å². The van der Waals surface area contributed by atoms with Gasteiger partial charge in [0.15, 0.2) is 6.20 Å². The lowest BCUT2D eigenvalue weighted by Gasteiger charge is -2.01. The summed E-state index contributed by atoms with van der Waals surface area (Å²) in [5.41, 5.74) is 0.324. The molecule has 1 aromatic carbocycles. The van der Waals surface area contributed by atoms with Crippen molar-refractivity contribution < 1.29 is 14.9 Å². The number of non-ortho nitro benzene ring substituents is 1. The maximum absolute atomic E-state index is 11.3. The molecule has 16 heavy (non-hydrogen) atoms. The van der Waals surface area contributed by atoms with Gasteiger partial charge < -0.3 is 10.4 Å². The van der Waals surface area contributed by atoms with E-state index in [-0.39, 0.29) is 11.5 Å². The van der Waals surface area contributed by atoms with Crippen molar-refractivity contribution in [2.75, 3.05) is 0 Å². The summed E-state index contributed by atoms with van der Waals surface area (Å²) < 4.78 is 1.13. The van der Waals surface area contributed by atoms with Crippen LogP contribution in [0.4, 0.5) is 5.69 Å². The summed E-state index contributed by atoms with van der Waals surface area (Å²) in [6, 6.07) is 5.33. The SMILES string of the molecule is O=[N+]([O-])c1ccc(-c2n(O)cc[n+]2[O-])cc1. The van der Waals surface area contributed by atoms with Gasteiger partial charge in [-0.2, -0.15) is 0 Å². The maximum Gasteiger partial charge on any atom is 0.331 e. The second-order valence-electron chi connectivity index (χ2n) is 3.10. The number of nitrogens with zero attached hydrogens (tertiary/aromatic N) is 3. The van der Waals surface area contributed by atoms with E-state index >= 15 is 0 Å². The Bertz CT molecular complexity index is 513. The second kappa shape index (κ2) is 3.54. The first-order valence-corrected chi connectivity index (χ1v) is 4.34. The molecule has 0 radical (unpaired) electrons. The average Bonchev–Trinajstić information content (AvgIpc) is 2.59. The fraction of sp³-hybridized carbons (Fsp3) is 0. The van der Waals surface area contributed by atoms with E-state index in [1.165, 1.54) is 30.5 Å². The molecule has 0 atom stereocenters. The normalized spacial score (nSPS) is 10.2. The Morgan fingerprint density at radius 2 is 1.94 bits per heavy atom. The number of nitro benzene ring substituents is 1. The van der Waals surface area contributed by atoms with Crippen LogP contribution in [0.1, 0.15) is 0 Å². The minimum atomic E-state index is -0.535. The largest absolute Gasteiger partial charge is 0.710 e. The molecule has 0 saturated heterocycles. The molecule has 0 unspecified atom stereocenters. The summed E-state index contributed by atoms with van der Waals surface area (Å²) >= 11 is 0. The Balaban J connectivity index is 2.46. The number of imidazole rings is 1. The molecule has 2 rings (SSSR count). The predicted molar refractivity (Wildman–Crippen MR) is 52.7 cm³/mol. The summed E-state index contributed by atoms with van der Waals surface area (Å²) in [7, 11) is 0. The molecule has 1 aromatic heterocycles. The lowest BCUT2D eigenvalue weighted by Crippen LogP contribution is -2.26. The van der Waals surface area contributed by atoms with E-state index in [0.717, 1.165) is 6.20 Å². The van der Waals surface area contributed by atoms with Crippen LogP contribution in [0, 0.1) is 15.3 Å². The Kier molecular flexibility index (Phi) is 2.20. The first-order valence-electron chi connectivity index (χ1n) is 4.34. The van der Waals surface area contributed by atoms with E-state index in [1.54, 1.807) is 0 Å². The lowest BCUT2D eigenvalue weighted by atomic mass is 10.2. The van der Waals surface area contributed by atoms with Gasteiger partial charge in [0.1, 0.15) is 6.20 Å². The molecule has 0 spiro atoms. The van der Waals surface area contributed by atoms with Crippen LogP contribution in [0.25, 0.3) is 11.4 Å². The second-order valence-corrected chi connectivity index (χ2v) is 3.10. The van der Waals surface area contributed by atoms with Gasteiger partial charge in [0.25, 0.3) is 5.69 Å². The van der Waals surface area contributed by atoms with Gasteiger partial charge in [-0.05, 0) is 16.9 Å². The minimum absolute atomic E-state index is 0.00916. The molecule has 0 aliphatic heterocycles. The molecule has 1 heterocycles. The molecule has 0 saturated carbocycles. The van der Waals surface area contributed by atoms with Gasteiger partial charge in [-0.25, -0.2) is 4.73 Å². The van der Waals surface area contributed by atoms with Gasteiger partial charge in [0.2, 0.25) is 0 Å². The highest BCUT2D eigenvalue weighted by atomic mass is 16.6. The zero-order valence-corrected chi connectivity index (χ0v) is 7.98. The van der Waals surface area contributed by atoms with Crippen LogP contribution in [-0.4, -0.2) is 14.9 Å². The Morgan fingerprint density at radius 1 is 1.31 bits per heavy atom. The summed E-state index contributed by atoms with van der Waals surface area (Å²) in [5.74, 6) is 0.00916. The molecule has 0 aliphatic rings. The smallest absolute Gasteiger partial charge is 0.331 e. The highest BCUT2D eigenvalue weighted by molar-refractivity contribution is 5.55. The molecule has 7 heteroatoms. The first-order chi connectivity index (χ1) is 7.59. The molecule has 1 N–H and O–H groups in total. The van der Waals surface area contributed by atoms with Gasteiger partial charge in [-0.3, -0.25) is 10.1 Å². The fourth-order valence-corrected chi connectivity index (χ4v) is 1.36. The van der Waals surface area contributed by atoms with E-state index in [4.69, 9.17) is 0 Å². The number of hydrogen-bond donors (Lipinski definition) is 1. The average molecular weight is 221 g/mol. The van der Waals surface area contributed by atoms with Crippen molar-refractivity contribution >= 4 is 5.69 Å². The maximum atomic E-state index is 11.3. The van der Waals surface area contributed by atoms with Crippen LogP contribution < -0.4 is 4.73 Å². The van der Waals surface area contributed by atoms with Crippen LogP contribution in [-0.2, 0) is 0 Å². The molecule has 82 valence electrons. The summed E-state index contributed by atoms with van der Waals surface area (Å²) in [6.45, 7) is 0. The number of hydrogen-bond acceptors (Lipinski definition) is 4. The van der Waals surface area contributed by atoms with E-state index in [1.807, 2.05) is 0 Å². The Hall–Kier alpha value is -2.57. The quantitative estimate of drug-likeness (QED) is 0.268. The molecule has 0 aliphatic carbocycles. The van der Waals surface area contributed by atoms with Crippen LogP contribution in [0.5, 0.6) is 0 Å². The van der Waals surface area contributed by atoms with Crippen molar-refractivity contribution in [2.45, 2.75) is 0 Å². The fourth-order valence-electron chi connectivity index (χ4n) is 1.36. The van der Waals surface area contributed by atoms with Gasteiger partial charge >= 0.3 is 5.82 Å². The molecule has 0 fully saturated rings. The molecular formula is C9H7N3O4. The standard InChI is InChI=1S/C9H7N3O4/c13-10-5-6-11(14)9(10)7-1-3-8(4-2-7)12(15)16/h1-6,13H. The number of benzene rings is 1. The zero-order chi connectivity index (χ0) is 11.7.